The van der Waals surface area contributed by atoms with Gasteiger partial charge in [0.2, 0.25) is 0 Å². The lowest BCUT2D eigenvalue weighted by Crippen LogP contribution is -2.62. The van der Waals surface area contributed by atoms with Crippen LogP contribution < -0.4 is 5.32 Å². The number of hydrogen-bond donors (Lipinski definition) is 2. The summed E-state index contributed by atoms with van der Waals surface area (Å²) in [5.41, 5.74) is 0.587. The molecule has 0 unspecified atom stereocenters. The molecule has 2 saturated heterocycles. The minimum absolute atomic E-state index is 0.0638. The van der Waals surface area contributed by atoms with E-state index in [2.05, 4.69) is 20.2 Å². The molecule has 17 heavy (non-hydrogen) atoms. The highest BCUT2D eigenvalue weighted by Gasteiger charge is 2.29. The monoisotopic (exact) mass is 235 g/mol. The third kappa shape index (κ3) is 2.05. The Morgan fingerprint density at radius 2 is 2.06 bits per heavy atom. The molecule has 2 fully saturated rings. The topological polar surface area (TPSA) is 64.3 Å². The van der Waals surface area contributed by atoms with Crippen molar-refractivity contribution < 1.29 is 4.79 Å². The molecular formula is C11H17N5O. The van der Waals surface area contributed by atoms with Gasteiger partial charge in [0.25, 0.3) is 5.91 Å². The molecule has 3 rings (SSSR count). The maximum atomic E-state index is 12.0. The number of carbonyl (C=O) groups is 1. The second kappa shape index (κ2) is 4.46. The molecule has 2 aliphatic heterocycles. The van der Waals surface area contributed by atoms with Gasteiger partial charge in [0, 0.05) is 45.3 Å². The van der Waals surface area contributed by atoms with E-state index in [0.29, 0.717) is 11.7 Å². The van der Waals surface area contributed by atoms with E-state index >= 15 is 0 Å². The van der Waals surface area contributed by atoms with Crippen LogP contribution in [0.4, 0.5) is 0 Å². The number of aromatic amines is 1. The van der Waals surface area contributed by atoms with Gasteiger partial charge in [-0.05, 0) is 0 Å². The lowest BCUT2D eigenvalue weighted by molar-refractivity contribution is 0.0498. The molecule has 0 radical (unpaired) electrons. The first-order valence-corrected chi connectivity index (χ1v) is 6.07. The summed E-state index contributed by atoms with van der Waals surface area (Å²) >= 11 is 0. The van der Waals surface area contributed by atoms with Gasteiger partial charge in [-0.2, -0.15) is 0 Å². The Labute approximate surface area is 100.0 Å². The zero-order valence-electron chi connectivity index (χ0n) is 9.72. The van der Waals surface area contributed by atoms with Crippen molar-refractivity contribution in [3.8, 4) is 0 Å². The predicted octanol–water partition coefficient (Wildman–Crippen LogP) is -0.861. The Bertz CT molecular complexity index is 379. The van der Waals surface area contributed by atoms with Gasteiger partial charge >= 0.3 is 0 Å². The van der Waals surface area contributed by atoms with Gasteiger partial charge in [0.1, 0.15) is 5.69 Å². The highest BCUT2D eigenvalue weighted by molar-refractivity contribution is 5.92. The first-order chi connectivity index (χ1) is 8.34. The zero-order chi connectivity index (χ0) is 11.7. The Hall–Kier alpha value is -1.40. The van der Waals surface area contributed by atoms with Crippen molar-refractivity contribution >= 4 is 5.91 Å². The molecular weight excluding hydrogens is 218 g/mol. The highest BCUT2D eigenvalue weighted by Crippen LogP contribution is 2.11. The van der Waals surface area contributed by atoms with Crippen LogP contribution >= 0.6 is 0 Å². The summed E-state index contributed by atoms with van der Waals surface area (Å²) in [5.74, 6) is 0.0638. The van der Waals surface area contributed by atoms with Crippen molar-refractivity contribution in [3.63, 3.8) is 0 Å². The number of H-pyrrole nitrogens is 1. The summed E-state index contributed by atoms with van der Waals surface area (Å²) in [5, 5.41) is 3.28. The molecule has 92 valence electrons. The lowest BCUT2D eigenvalue weighted by Gasteiger charge is -2.43. The van der Waals surface area contributed by atoms with Gasteiger partial charge < -0.3 is 15.2 Å². The van der Waals surface area contributed by atoms with Gasteiger partial charge in [-0.25, -0.2) is 4.98 Å². The van der Waals surface area contributed by atoms with Crippen LogP contribution in [0.2, 0.25) is 0 Å². The molecule has 0 bridgehead atoms. The first kappa shape index (κ1) is 10.7. The van der Waals surface area contributed by atoms with E-state index in [-0.39, 0.29) is 5.91 Å². The number of hydrogen-bond acceptors (Lipinski definition) is 4. The Kier molecular flexibility index (Phi) is 2.82. The number of aromatic nitrogens is 2. The van der Waals surface area contributed by atoms with E-state index in [1.807, 2.05) is 4.90 Å². The van der Waals surface area contributed by atoms with E-state index in [1.165, 1.54) is 0 Å². The maximum absolute atomic E-state index is 12.0. The average molecular weight is 235 g/mol. The van der Waals surface area contributed by atoms with Crippen LogP contribution in [0.1, 0.15) is 10.5 Å². The molecule has 0 atom stereocenters. The van der Waals surface area contributed by atoms with E-state index in [0.717, 1.165) is 39.3 Å². The highest BCUT2D eigenvalue weighted by atomic mass is 16.2. The van der Waals surface area contributed by atoms with Crippen LogP contribution in [0.3, 0.4) is 0 Å². The van der Waals surface area contributed by atoms with Crippen LogP contribution in [-0.4, -0.2) is 71.0 Å². The number of nitrogens with zero attached hydrogens (tertiary/aromatic N) is 3. The molecule has 0 aliphatic carbocycles. The standard InChI is InChI=1S/C11H17N5O/c17-11(10-7-13-8-14-10)16-3-1-15(2-4-16)9-5-12-6-9/h7-9,12H,1-6H2,(H,13,14). The van der Waals surface area contributed by atoms with Crippen molar-refractivity contribution in [3.05, 3.63) is 18.2 Å². The normalized spacial score (nSPS) is 22.5. The molecule has 6 heteroatoms. The SMILES string of the molecule is O=C(c1cnc[nH]1)N1CCN(C2CNC2)CC1. The molecule has 2 N–H and O–H groups in total. The molecule has 1 aromatic heterocycles. The number of carbonyl (C=O) groups excluding carboxylic acids is 1. The van der Waals surface area contributed by atoms with Crippen LogP contribution in [-0.2, 0) is 0 Å². The second-order valence-electron chi connectivity index (χ2n) is 4.61. The third-order valence-corrected chi connectivity index (χ3v) is 3.61. The van der Waals surface area contributed by atoms with Crippen LogP contribution in [0, 0.1) is 0 Å². The van der Waals surface area contributed by atoms with Gasteiger partial charge in [-0.3, -0.25) is 9.69 Å². The van der Waals surface area contributed by atoms with Crippen molar-refractivity contribution in [1.29, 1.82) is 0 Å². The van der Waals surface area contributed by atoms with Crippen molar-refractivity contribution in [2.24, 2.45) is 0 Å². The van der Waals surface area contributed by atoms with E-state index in [1.54, 1.807) is 12.5 Å². The van der Waals surface area contributed by atoms with E-state index in [9.17, 15) is 4.79 Å². The molecule has 0 aromatic carbocycles. The van der Waals surface area contributed by atoms with E-state index in [4.69, 9.17) is 0 Å². The smallest absolute Gasteiger partial charge is 0.272 e. The van der Waals surface area contributed by atoms with Gasteiger partial charge in [-0.15, -0.1) is 0 Å². The Morgan fingerprint density at radius 1 is 1.29 bits per heavy atom. The van der Waals surface area contributed by atoms with Crippen molar-refractivity contribution in [1.82, 2.24) is 25.1 Å². The van der Waals surface area contributed by atoms with Crippen molar-refractivity contribution in [2.75, 3.05) is 39.3 Å². The first-order valence-electron chi connectivity index (χ1n) is 6.07. The second-order valence-corrected chi connectivity index (χ2v) is 4.61. The summed E-state index contributed by atoms with van der Waals surface area (Å²) in [7, 11) is 0. The fourth-order valence-electron chi connectivity index (χ4n) is 2.36. The van der Waals surface area contributed by atoms with Gasteiger partial charge in [0.05, 0.1) is 12.5 Å². The quantitative estimate of drug-likeness (QED) is 0.700. The molecule has 1 amide bonds. The van der Waals surface area contributed by atoms with Gasteiger partial charge in [0.15, 0.2) is 0 Å². The van der Waals surface area contributed by atoms with Crippen molar-refractivity contribution in [2.45, 2.75) is 6.04 Å². The third-order valence-electron chi connectivity index (χ3n) is 3.61. The summed E-state index contributed by atoms with van der Waals surface area (Å²) in [6.07, 6.45) is 3.13. The summed E-state index contributed by atoms with van der Waals surface area (Å²) in [6, 6.07) is 0.680. The Balaban J connectivity index is 1.55. The molecule has 6 nitrogen and oxygen atoms in total. The summed E-state index contributed by atoms with van der Waals surface area (Å²) in [6.45, 7) is 5.77. The number of imidazole rings is 1. The minimum Gasteiger partial charge on any atom is -0.341 e. The molecule has 0 spiro atoms. The minimum atomic E-state index is 0.0638. The van der Waals surface area contributed by atoms with Crippen LogP contribution in [0.5, 0.6) is 0 Å². The lowest BCUT2D eigenvalue weighted by atomic mass is 10.1. The number of nitrogens with one attached hydrogen (secondary N) is 2. The summed E-state index contributed by atoms with van der Waals surface area (Å²) < 4.78 is 0. The maximum Gasteiger partial charge on any atom is 0.272 e. The largest absolute Gasteiger partial charge is 0.341 e. The fourth-order valence-corrected chi connectivity index (χ4v) is 2.36. The average Bonchev–Trinajstić information content (AvgIpc) is 2.80. The number of amides is 1. The molecule has 0 saturated carbocycles. The molecule has 1 aromatic rings. The predicted molar refractivity (Wildman–Crippen MR) is 62.7 cm³/mol. The Morgan fingerprint density at radius 3 is 2.59 bits per heavy atom. The van der Waals surface area contributed by atoms with Gasteiger partial charge in [-0.1, -0.05) is 0 Å². The zero-order valence-corrected chi connectivity index (χ0v) is 9.72. The van der Waals surface area contributed by atoms with E-state index < -0.39 is 0 Å². The molecule has 3 heterocycles. The fraction of sp³-hybridized carbons (Fsp3) is 0.636. The van der Waals surface area contributed by atoms with Crippen LogP contribution in [0.15, 0.2) is 12.5 Å². The van der Waals surface area contributed by atoms with Crippen LogP contribution in [0.25, 0.3) is 0 Å². The molecule has 2 aliphatic rings. The summed E-state index contributed by atoms with van der Waals surface area (Å²) in [4.78, 5) is 23.2. The number of rotatable bonds is 2. The number of piperazine rings is 1.